The first-order valence-electron chi connectivity index (χ1n) is 6.77. The molecule has 1 aromatic rings. The minimum Gasteiger partial charge on any atom is -0.396 e. The van der Waals surface area contributed by atoms with Crippen molar-refractivity contribution in [3.05, 3.63) is 34.9 Å². The van der Waals surface area contributed by atoms with Gasteiger partial charge in [-0.15, -0.1) is 0 Å². The molecule has 0 aromatic heterocycles. The first-order valence-corrected chi connectivity index (χ1v) is 6.77. The topological polar surface area (TPSA) is 41.5 Å². The summed E-state index contributed by atoms with van der Waals surface area (Å²) in [6.07, 6.45) is 4.49. The van der Waals surface area contributed by atoms with Gasteiger partial charge >= 0.3 is 0 Å². The summed E-state index contributed by atoms with van der Waals surface area (Å²) in [5.74, 6) is 0. The van der Waals surface area contributed by atoms with Crippen molar-refractivity contribution >= 4 is 0 Å². The molecule has 0 aliphatic heterocycles. The van der Waals surface area contributed by atoms with Crippen LogP contribution in [0, 0.1) is 0 Å². The monoisotopic (exact) mass is 249 g/mol. The summed E-state index contributed by atoms with van der Waals surface area (Å²) in [4.78, 5) is 0. The van der Waals surface area contributed by atoms with Gasteiger partial charge in [0.2, 0.25) is 0 Å². The third kappa shape index (κ3) is 3.55. The number of benzene rings is 1. The standard InChI is InChI=1S/C15H23NO2/c1-18-11-15(7-8-17)16-10-12-5-6-13-3-2-4-14(13)9-12/h5-6,9,15-17H,2-4,7-8,10-11H2,1H3. The molecule has 1 aliphatic carbocycles. The van der Waals surface area contributed by atoms with Gasteiger partial charge in [0.1, 0.15) is 0 Å². The highest BCUT2D eigenvalue weighted by Crippen LogP contribution is 2.22. The second-order valence-electron chi connectivity index (χ2n) is 5.00. The quantitative estimate of drug-likeness (QED) is 0.772. The van der Waals surface area contributed by atoms with Crippen molar-refractivity contribution in [2.24, 2.45) is 0 Å². The van der Waals surface area contributed by atoms with E-state index in [-0.39, 0.29) is 12.6 Å². The van der Waals surface area contributed by atoms with Crippen LogP contribution in [0.1, 0.15) is 29.5 Å². The van der Waals surface area contributed by atoms with Crippen LogP contribution in [0.4, 0.5) is 0 Å². The smallest absolute Gasteiger partial charge is 0.0616 e. The van der Waals surface area contributed by atoms with Crippen LogP contribution < -0.4 is 5.32 Å². The van der Waals surface area contributed by atoms with E-state index >= 15 is 0 Å². The molecule has 0 bridgehead atoms. The molecule has 2 rings (SSSR count). The molecule has 0 saturated heterocycles. The van der Waals surface area contributed by atoms with Crippen LogP contribution in [0.5, 0.6) is 0 Å². The molecule has 3 heteroatoms. The molecule has 18 heavy (non-hydrogen) atoms. The molecule has 0 saturated carbocycles. The van der Waals surface area contributed by atoms with Gasteiger partial charge in [-0.25, -0.2) is 0 Å². The predicted octanol–water partition coefficient (Wildman–Crippen LogP) is 1.66. The molecular formula is C15H23NO2. The van der Waals surface area contributed by atoms with Gasteiger partial charge in [0.05, 0.1) is 6.61 Å². The largest absolute Gasteiger partial charge is 0.396 e. The maximum absolute atomic E-state index is 8.99. The zero-order valence-corrected chi connectivity index (χ0v) is 11.1. The molecule has 0 fully saturated rings. The molecule has 1 aromatic carbocycles. The lowest BCUT2D eigenvalue weighted by Crippen LogP contribution is -2.33. The zero-order valence-electron chi connectivity index (χ0n) is 11.1. The normalized spacial score (nSPS) is 15.7. The van der Waals surface area contributed by atoms with E-state index in [2.05, 4.69) is 23.5 Å². The number of aryl methyl sites for hydroxylation is 2. The molecule has 0 heterocycles. The fraction of sp³-hybridized carbons (Fsp3) is 0.600. The Labute approximate surface area is 109 Å². The highest BCUT2D eigenvalue weighted by atomic mass is 16.5. The maximum Gasteiger partial charge on any atom is 0.0616 e. The molecule has 1 aliphatic rings. The van der Waals surface area contributed by atoms with E-state index in [0.717, 1.165) is 13.0 Å². The van der Waals surface area contributed by atoms with E-state index in [1.165, 1.54) is 36.0 Å². The molecule has 2 N–H and O–H groups in total. The Kier molecular flexibility index (Phi) is 5.17. The van der Waals surface area contributed by atoms with Crippen LogP contribution in [0.15, 0.2) is 18.2 Å². The summed E-state index contributed by atoms with van der Waals surface area (Å²) >= 11 is 0. The summed E-state index contributed by atoms with van der Waals surface area (Å²) in [6.45, 7) is 1.69. The van der Waals surface area contributed by atoms with Crippen molar-refractivity contribution in [1.82, 2.24) is 5.32 Å². The van der Waals surface area contributed by atoms with E-state index < -0.39 is 0 Å². The van der Waals surface area contributed by atoms with Gasteiger partial charge in [-0.1, -0.05) is 18.2 Å². The van der Waals surface area contributed by atoms with Crippen LogP contribution >= 0.6 is 0 Å². The van der Waals surface area contributed by atoms with E-state index in [4.69, 9.17) is 9.84 Å². The molecule has 0 radical (unpaired) electrons. The molecule has 0 amide bonds. The van der Waals surface area contributed by atoms with E-state index in [0.29, 0.717) is 6.61 Å². The number of fused-ring (bicyclic) bond motifs is 1. The summed E-state index contributed by atoms with van der Waals surface area (Å²) in [5, 5.41) is 12.4. The number of aliphatic hydroxyl groups is 1. The minimum atomic E-state index is 0.200. The molecule has 1 unspecified atom stereocenters. The highest BCUT2D eigenvalue weighted by Gasteiger charge is 2.11. The Hall–Kier alpha value is -0.900. The van der Waals surface area contributed by atoms with Gasteiger partial charge in [0.15, 0.2) is 0 Å². The fourth-order valence-electron chi connectivity index (χ4n) is 2.60. The Balaban J connectivity index is 1.88. The van der Waals surface area contributed by atoms with Gasteiger partial charge in [-0.2, -0.15) is 0 Å². The number of rotatable bonds is 7. The van der Waals surface area contributed by atoms with Crippen LogP contribution in [0.2, 0.25) is 0 Å². The number of nitrogens with one attached hydrogen (secondary N) is 1. The summed E-state index contributed by atoms with van der Waals surface area (Å²) < 4.78 is 5.15. The summed E-state index contributed by atoms with van der Waals surface area (Å²) in [5.41, 5.74) is 4.36. The average molecular weight is 249 g/mol. The van der Waals surface area contributed by atoms with E-state index in [9.17, 15) is 0 Å². The third-order valence-corrected chi connectivity index (χ3v) is 3.60. The van der Waals surface area contributed by atoms with Crippen molar-refractivity contribution in [2.75, 3.05) is 20.3 Å². The number of hydrogen-bond acceptors (Lipinski definition) is 3. The highest BCUT2D eigenvalue weighted by molar-refractivity contribution is 5.35. The number of ether oxygens (including phenoxy) is 1. The summed E-state index contributed by atoms with van der Waals surface area (Å²) in [6, 6.07) is 7.02. The molecule has 1 atom stereocenters. The molecule has 100 valence electrons. The lowest BCUT2D eigenvalue weighted by Gasteiger charge is -2.17. The van der Waals surface area contributed by atoms with Crippen LogP contribution in [-0.4, -0.2) is 31.5 Å². The fourth-order valence-corrected chi connectivity index (χ4v) is 2.60. The second kappa shape index (κ2) is 6.88. The lowest BCUT2D eigenvalue weighted by atomic mass is 10.1. The molecular weight excluding hydrogens is 226 g/mol. The van der Waals surface area contributed by atoms with Gasteiger partial charge in [-0.3, -0.25) is 0 Å². The Bertz CT molecular complexity index is 373. The van der Waals surface area contributed by atoms with Crippen molar-refractivity contribution in [1.29, 1.82) is 0 Å². The van der Waals surface area contributed by atoms with Gasteiger partial charge in [0, 0.05) is 26.3 Å². The average Bonchev–Trinajstić information content (AvgIpc) is 2.84. The van der Waals surface area contributed by atoms with Gasteiger partial charge in [-0.05, 0) is 42.4 Å². The Morgan fingerprint density at radius 2 is 2.17 bits per heavy atom. The SMILES string of the molecule is COCC(CCO)NCc1ccc2c(c1)CCC2. The van der Waals surface area contributed by atoms with E-state index in [1.54, 1.807) is 7.11 Å². The first-order chi connectivity index (χ1) is 8.83. The number of hydrogen-bond donors (Lipinski definition) is 2. The van der Waals surface area contributed by atoms with Crippen molar-refractivity contribution in [3.63, 3.8) is 0 Å². The third-order valence-electron chi connectivity index (χ3n) is 3.60. The first kappa shape index (κ1) is 13.5. The predicted molar refractivity (Wildman–Crippen MR) is 72.7 cm³/mol. The van der Waals surface area contributed by atoms with Crippen molar-refractivity contribution in [3.8, 4) is 0 Å². The number of aliphatic hydroxyl groups excluding tert-OH is 1. The van der Waals surface area contributed by atoms with Crippen LogP contribution in [0.25, 0.3) is 0 Å². The summed E-state index contributed by atoms with van der Waals surface area (Å²) in [7, 11) is 1.70. The minimum absolute atomic E-state index is 0.200. The Morgan fingerprint density at radius 3 is 2.94 bits per heavy atom. The van der Waals surface area contributed by atoms with Gasteiger partial charge < -0.3 is 15.2 Å². The number of methoxy groups -OCH3 is 1. The van der Waals surface area contributed by atoms with Crippen LogP contribution in [-0.2, 0) is 24.1 Å². The van der Waals surface area contributed by atoms with Crippen molar-refractivity contribution in [2.45, 2.75) is 38.3 Å². The van der Waals surface area contributed by atoms with Crippen molar-refractivity contribution < 1.29 is 9.84 Å². The van der Waals surface area contributed by atoms with Gasteiger partial charge in [0.25, 0.3) is 0 Å². The Morgan fingerprint density at radius 1 is 1.33 bits per heavy atom. The zero-order chi connectivity index (χ0) is 12.8. The van der Waals surface area contributed by atoms with Crippen LogP contribution in [0.3, 0.4) is 0 Å². The lowest BCUT2D eigenvalue weighted by molar-refractivity contribution is 0.148. The molecule has 3 nitrogen and oxygen atoms in total. The molecule has 0 spiro atoms. The second-order valence-corrected chi connectivity index (χ2v) is 5.00. The maximum atomic E-state index is 8.99. The van der Waals surface area contributed by atoms with E-state index in [1.807, 2.05) is 0 Å².